The summed E-state index contributed by atoms with van der Waals surface area (Å²) in [5.41, 5.74) is 6.20. The molecule has 1 aromatic carbocycles. The number of imide groups is 1. The van der Waals surface area contributed by atoms with Gasteiger partial charge in [0.15, 0.2) is 0 Å². The van der Waals surface area contributed by atoms with Crippen LogP contribution in [0.15, 0.2) is 33.7 Å². The van der Waals surface area contributed by atoms with Crippen LogP contribution in [0.2, 0.25) is 0 Å². The predicted octanol–water partition coefficient (Wildman–Crippen LogP) is 3.92. The summed E-state index contributed by atoms with van der Waals surface area (Å²) in [6.45, 7) is 3.31. The number of nitrogens with zero attached hydrogens (tertiary/aromatic N) is 2. The summed E-state index contributed by atoms with van der Waals surface area (Å²) in [5.74, 6) is -0.903. The molecular formula is C26H32BrN3O6S. The molecule has 3 aliphatic heterocycles. The zero-order valence-electron chi connectivity index (χ0n) is 21.0. The van der Waals surface area contributed by atoms with Crippen LogP contribution >= 0.6 is 27.7 Å². The first kappa shape index (κ1) is 26.5. The summed E-state index contributed by atoms with van der Waals surface area (Å²) < 4.78 is 18.6. The molecule has 2 N–H and O–H groups in total. The summed E-state index contributed by atoms with van der Waals surface area (Å²) in [4.78, 5) is 43.3. The van der Waals surface area contributed by atoms with Crippen LogP contribution in [0.25, 0.3) is 0 Å². The third-order valence-electron chi connectivity index (χ3n) is 7.96. The molecule has 3 unspecified atom stereocenters. The number of carbonyl (C=O) groups excluding carboxylic acids is 3. The van der Waals surface area contributed by atoms with Gasteiger partial charge in [-0.25, -0.2) is 9.69 Å². The molecule has 0 bridgehead atoms. The number of halogens is 1. The monoisotopic (exact) mass is 593 g/mol. The van der Waals surface area contributed by atoms with Gasteiger partial charge in [0.1, 0.15) is 22.8 Å². The Bertz CT molecular complexity index is 1120. The zero-order valence-corrected chi connectivity index (χ0v) is 23.4. The third-order valence-corrected chi connectivity index (χ3v) is 10.4. The van der Waals surface area contributed by atoms with Crippen molar-refractivity contribution in [3.8, 4) is 5.75 Å². The average Bonchev–Trinajstić information content (AvgIpc) is 3.16. The SMILES string of the molecule is COc1ccccc1C(CN1C(=O)N(C2(C(N)=O)CCC2)C(=O)C2C(C)=C(Br)SC21)OC1CCOCC1. The Hall–Kier alpha value is -2.08. The van der Waals surface area contributed by atoms with Crippen LogP contribution in [0.4, 0.5) is 4.79 Å². The van der Waals surface area contributed by atoms with Crippen molar-refractivity contribution in [1.82, 2.24) is 9.80 Å². The Kier molecular flexibility index (Phi) is 7.59. The number of para-hydroxylation sites is 1. The number of primary amides is 1. The minimum atomic E-state index is -1.28. The summed E-state index contributed by atoms with van der Waals surface area (Å²) in [6, 6.07) is 7.12. The van der Waals surface area contributed by atoms with Crippen molar-refractivity contribution < 1.29 is 28.6 Å². The highest BCUT2D eigenvalue weighted by Crippen LogP contribution is 2.52. The Morgan fingerprint density at radius 2 is 1.97 bits per heavy atom. The van der Waals surface area contributed by atoms with E-state index < -0.39 is 34.9 Å². The van der Waals surface area contributed by atoms with E-state index in [1.165, 1.54) is 11.8 Å². The molecule has 9 nitrogen and oxygen atoms in total. The van der Waals surface area contributed by atoms with Gasteiger partial charge in [0.05, 0.1) is 29.5 Å². The topological polar surface area (TPSA) is 111 Å². The first-order chi connectivity index (χ1) is 17.8. The Morgan fingerprint density at radius 3 is 2.59 bits per heavy atom. The maximum Gasteiger partial charge on any atom is 0.328 e. The highest BCUT2D eigenvalue weighted by atomic mass is 79.9. The van der Waals surface area contributed by atoms with Gasteiger partial charge in [0.2, 0.25) is 11.8 Å². The fourth-order valence-electron chi connectivity index (χ4n) is 5.66. The van der Waals surface area contributed by atoms with E-state index in [0.29, 0.717) is 31.8 Å². The van der Waals surface area contributed by atoms with E-state index in [2.05, 4.69) is 15.9 Å². The average molecular weight is 595 g/mol. The number of carbonyl (C=O) groups is 3. The second-order valence-electron chi connectivity index (χ2n) is 9.98. The lowest BCUT2D eigenvalue weighted by atomic mass is 9.73. The Balaban J connectivity index is 1.53. The first-order valence-electron chi connectivity index (χ1n) is 12.6. The molecule has 11 heteroatoms. The van der Waals surface area contributed by atoms with Gasteiger partial charge in [0, 0.05) is 18.8 Å². The van der Waals surface area contributed by atoms with Crippen molar-refractivity contribution in [2.24, 2.45) is 11.7 Å². The van der Waals surface area contributed by atoms with E-state index in [9.17, 15) is 14.4 Å². The quantitative estimate of drug-likeness (QED) is 0.486. The highest BCUT2D eigenvalue weighted by Gasteiger charge is 2.61. The van der Waals surface area contributed by atoms with Crippen molar-refractivity contribution in [3.05, 3.63) is 39.2 Å². The number of nitrogens with two attached hydrogens (primary N) is 1. The van der Waals surface area contributed by atoms with E-state index in [4.69, 9.17) is 19.9 Å². The minimum Gasteiger partial charge on any atom is -0.496 e. The molecule has 3 atom stereocenters. The first-order valence-corrected chi connectivity index (χ1v) is 14.3. The summed E-state index contributed by atoms with van der Waals surface area (Å²) in [5, 5.41) is -0.453. The van der Waals surface area contributed by atoms with Gasteiger partial charge in [-0.2, -0.15) is 0 Å². The van der Waals surface area contributed by atoms with Gasteiger partial charge in [-0.3, -0.25) is 9.59 Å². The maximum absolute atomic E-state index is 14.1. The highest BCUT2D eigenvalue weighted by molar-refractivity contribution is 9.14. The van der Waals surface area contributed by atoms with Gasteiger partial charge in [-0.15, -0.1) is 0 Å². The molecule has 37 heavy (non-hydrogen) atoms. The van der Waals surface area contributed by atoms with Crippen LogP contribution in [-0.2, 0) is 19.1 Å². The summed E-state index contributed by atoms with van der Waals surface area (Å²) in [6.07, 6.45) is 2.46. The van der Waals surface area contributed by atoms with Gasteiger partial charge in [-0.1, -0.05) is 30.0 Å². The number of thioether (sulfide) groups is 1. The van der Waals surface area contributed by atoms with Gasteiger partial charge in [0.25, 0.3) is 0 Å². The van der Waals surface area contributed by atoms with E-state index in [1.807, 2.05) is 31.2 Å². The van der Waals surface area contributed by atoms with Gasteiger partial charge < -0.3 is 24.8 Å². The fourth-order valence-corrected chi connectivity index (χ4v) is 7.77. The molecule has 5 rings (SSSR count). The molecular weight excluding hydrogens is 562 g/mol. The largest absolute Gasteiger partial charge is 0.496 e. The number of rotatable bonds is 8. The molecule has 0 spiro atoms. The number of fused-ring (bicyclic) bond motifs is 1. The van der Waals surface area contributed by atoms with Crippen molar-refractivity contribution in [2.75, 3.05) is 26.9 Å². The number of benzene rings is 1. The Labute approximate surface area is 229 Å². The fraction of sp³-hybridized carbons (Fsp3) is 0.577. The van der Waals surface area contributed by atoms with E-state index in [1.54, 1.807) is 12.0 Å². The predicted molar refractivity (Wildman–Crippen MR) is 142 cm³/mol. The minimum absolute atomic E-state index is 0.0384. The molecule has 3 heterocycles. The van der Waals surface area contributed by atoms with Crippen LogP contribution in [0.1, 0.15) is 50.7 Å². The normalized spacial score (nSPS) is 26.7. The van der Waals surface area contributed by atoms with Crippen LogP contribution in [0.5, 0.6) is 5.75 Å². The number of hydrogen-bond acceptors (Lipinski definition) is 7. The molecule has 0 aromatic heterocycles. The Morgan fingerprint density at radius 1 is 1.27 bits per heavy atom. The second-order valence-corrected chi connectivity index (χ2v) is 12.4. The summed E-state index contributed by atoms with van der Waals surface area (Å²) >= 11 is 5.03. The molecule has 4 amide bonds. The van der Waals surface area contributed by atoms with E-state index in [0.717, 1.165) is 39.1 Å². The maximum atomic E-state index is 14.1. The van der Waals surface area contributed by atoms with E-state index >= 15 is 0 Å². The number of hydrogen-bond donors (Lipinski definition) is 1. The van der Waals surface area contributed by atoms with Crippen molar-refractivity contribution in [2.45, 2.75) is 62.1 Å². The number of amides is 4. The lowest BCUT2D eigenvalue weighted by Gasteiger charge is -2.52. The van der Waals surface area contributed by atoms with Crippen LogP contribution < -0.4 is 10.5 Å². The van der Waals surface area contributed by atoms with Crippen molar-refractivity contribution >= 4 is 45.5 Å². The molecule has 2 saturated heterocycles. The van der Waals surface area contributed by atoms with Gasteiger partial charge >= 0.3 is 6.03 Å². The zero-order chi connectivity index (χ0) is 26.3. The van der Waals surface area contributed by atoms with Crippen LogP contribution in [0.3, 0.4) is 0 Å². The number of urea groups is 1. The van der Waals surface area contributed by atoms with Gasteiger partial charge in [-0.05, 0) is 66.6 Å². The molecule has 4 aliphatic rings. The lowest BCUT2D eigenvalue weighted by molar-refractivity contribution is -0.154. The van der Waals surface area contributed by atoms with Crippen molar-refractivity contribution in [1.29, 1.82) is 0 Å². The third kappa shape index (κ3) is 4.57. The van der Waals surface area contributed by atoms with Crippen LogP contribution in [-0.4, -0.2) is 71.5 Å². The molecule has 0 radical (unpaired) electrons. The smallest absolute Gasteiger partial charge is 0.328 e. The molecule has 1 aliphatic carbocycles. The molecule has 200 valence electrons. The standard InChI is InChI=1S/C26H32BrN3O6S/c1-15-20-22(31)30(26(24(28)32)10-5-11-26)25(33)29(23(20)37-21(15)27)14-19(36-16-8-12-35-13-9-16)17-6-3-4-7-18(17)34-2/h3-4,6-7,16,19-20,23H,5,8-14H2,1-2H3,(H2,28,32). The number of ether oxygens (including phenoxy) is 3. The molecule has 3 fully saturated rings. The molecule has 1 saturated carbocycles. The number of methoxy groups -OCH3 is 1. The van der Waals surface area contributed by atoms with Crippen molar-refractivity contribution in [3.63, 3.8) is 0 Å². The second kappa shape index (κ2) is 10.6. The van der Waals surface area contributed by atoms with Crippen LogP contribution in [0, 0.1) is 5.92 Å². The lowest BCUT2D eigenvalue weighted by Crippen LogP contribution is -2.72. The molecule has 1 aromatic rings. The van der Waals surface area contributed by atoms with E-state index in [-0.39, 0.29) is 18.6 Å². The summed E-state index contributed by atoms with van der Waals surface area (Å²) in [7, 11) is 1.61.